The first-order valence-electron chi connectivity index (χ1n) is 7.87. The van der Waals surface area contributed by atoms with E-state index in [1.54, 1.807) is 14.0 Å². The van der Waals surface area contributed by atoms with E-state index in [9.17, 15) is 4.79 Å². The van der Waals surface area contributed by atoms with Crippen molar-refractivity contribution in [1.82, 2.24) is 15.0 Å². The van der Waals surface area contributed by atoms with E-state index >= 15 is 0 Å². The molecule has 0 saturated heterocycles. The Morgan fingerprint density at radius 3 is 2.92 bits per heavy atom. The van der Waals surface area contributed by atoms with Crippen LogP contribution in [-0.2, 0) is 11.3 Å². The van der Waals surface area contributed by atoms with E-state index in [0.717, 1.165) is 10.4 Å². The molecule has 0 aliphatic heterocycles. The fraction of sp³-hybridized carbons (Fsp3) is 0.278. The van der Waals surface area contributed by atoms with E-state index in [2.05, 4.69) is 10.1 Å². The van der Waals surface area contributed by atoms with Crippen molar-refractivity contribution in [3.8, 4) is 16.5 Å². The van der Waals surface area contributed by atoms with Gasteiger partial charge in [-0.15, -0.1) is 11.3 Å². The second-order valence-corrected chi connectivity index (χ2v) is 6.71. The minimum atomic E-state index is -0.605. The highest BCUT2D eigenvalue weighted by atomic mass is 32.1. The molecule has 0 aliphatic rings. The summed E-state index contributed by atoms with van der Waals surface area (Å²) in [5, 5.41) is 5.90. The molecule has 0 bridgehead atoms. The van der Waals surface area contributed by atoms with Crippen LogP contribution < -0.4 is 4.74 Å². The second kappa shape index (κ2) is 7.48. The molecule has 0 fully saturated rings. The number of aromatic nitrogens is 2. The van der Waals surface area contributed by atoms with Crippen molar-refractivity contribution in [3.63, 3.8) is 0 Å². The molecular formula is C18H19N3O3S. The van der Waals surface area contributed by atoms with Crippen molar-refractivity contribution in [3.05, 3.63) is 53.2 Å². The van der Waals surface area contributed by atoms with Gasteiger partial charge in [-0.05, 0) is 43.0 Å². The van der Waals surface area contributed by atoms with Crippen LogP contribution in [0, 0.1) is 6.92 Å². The lowest BCUT2D eigenvalue weighted by Gasteiger charge is -2.20. The maximum Gasteiger partial charge on any atom is 0.263 e. The number of ether oxygens (including phenoxy) is 1. The highest BCUT2D eigenvalue weighted by molar-refractivity contribution is 7.13. The Morgan fingerprint density at radius 1 is 1.36 bits per heavy atom. The molecule has 0 aliphatic carbocycles. The topological polar surface area (TPSA) is 68.5 Å². The molecule has 130 valence electrons. The van der Waals surface area contributed by atoms with Crippen LogP contribution in [0.25, 0.3) is 10.7 Å². The number of nitrogens with zero attached hydrogens (tertiary/aromatic N) is 3. The monoisotopic (exact) mass is 357 g/mol. The third-order valence-corrected chi connectivity index (χ3v) is 4.47. The van der Waals surface area contributed by atoms with E-state index in [-0.39, 0.29) is 12.5 Å². The number of aryl methyl sites for hydroxylation is 1. The van der Waals surface area contributed by atoms with Gasteiger partial charge in [-0.25, -0.2) is 0 Å². The Labute approximate surface area is 150 Å². The molecule has 1 unspecified atom stereocenters. The number of benzene rings is 1. The summed E-state index contributed by atoms with van der Waals surface area (Å²) < 4.78 is 11.0. The maximum atomic E-state index is 12.5. The van der Waals surface area contributed by atoms with Crippen LogP contribution in [0.1, 0.15) is 18.4 Å². The van der Waals surface area contributed by atoms with Crippen molar-refractivity contribution in [2.45, 2.75) is 26.5 Å². The quantitative estimate of drug-likeness (QED) is 0.675. The van der Waals surface area contributed by atoms with Crippen LogP contribution in [0.3, 0.4) is 0 Å². The number of hydrogen-bond acceptors (Lipinski definition) is 6. The molecule has 25 heavy (non-hydrogen) atoms. The van der Waals surface area contributed by atoms with Crippen molar-refractivity contribution in [2.75, 3.05) is 7.05 Å². The molecule has 0 radical (unpaired) electrons. The Balaban J connectivity index is 1.60. The highest BCUT2D eigenvalue weighted by Crippen LogP contribution is 2.21. The zero-order valence-corrected chi connectivity index (χ0v) is 15.1. The van der Waals surface area contributed by atoms with E-state index in [1.165, 1.54) is 16.2 Å². The number of amides is 1. The first-order valence-corrected chi connectivity index (χ1v) is 8.75. The van der Waals surface area contributed by atoms with Gasteiger partial charge in [-0.2, -0.15) is 4.98 Å². The van der Waals surface area contributed by atoms with Crippen LogP contribution in [0.15, 0.2) is 46.3 Å². The van der Waals surface area contributed by atoms with E-state index < -0.39 is 6.10 Å². The lowest BCUT2D eigenvalue weighted by molar-refractivity contribution is -0.137. The molecule has 0 saturated carbocycles. The van der Waals surface area contributed by atoms with Gasteiger partial charge in [0.1, 0.15) is 5.75 Å². The van der Waals surface area contributed by atoms with E-state index in [0.29, 0.717) is 17.5 Å². The minimum absolute atomic E-state index is 0.155. The van der Waals surface area contributed by atoms with Gasteiger partial charge in [0.2, 0.25) is 11.7 Å². The lowest BCUT2D eigenvalue weighted by Crippen LogP contribution is -2.37. The molecule has 0 spiro atoms. The van der Waals surface area contributed by atoms with Crippen molar-refractivity contribution >= 4 is 17.2 Å². The molecule has 1 aromatic carbocycles. The molecule has 0 N–H and O–H groups in total. The Kier molecular flexibility index (Phi) is 5.14. The van der Waals surface area contributed by atoms with E-state index in [1.807, 2.05) is 48.7 Å². The summed E-state index contributed by atoms with van der Waals surface area (Å²) in [4.78, 5) is 19.3. The Bertz CT molecular complexity index is 845. The smallest absolute Gasteiger partial charge is 0.263 e. The van der Waals surface area contributed by atoms with E-state index in [4.69, 9.17) is 9.26 Å². The summed E-state index contributed by atoms with van der Waals surface area (Å²) in [5.74, 6) is 1.45. The average molecular weight is 357 g/mol. The number of rotatable bonds is 6. The minimum Gasteiger partial charge on any atom is -0.481 e. The van der Waals surface area contributed by atoms with Gasteiger partial charge in [0.05, 0.1) is 11.4 Å². The molecule has 3 aromatic rings. The summed E-state index contributed by atoms with van der Waals surface area (Å²) in [5.41, 5.74) is 1.08. The lowest BCUT2D eigenvalue weighted by atomic mass is 10.2. The van der Waals surface area contributed by atoms with Crippen LogP contribution in [-0.4, -0.2) is 34.1 Å². The summed E-state index contributed by atoms with van der Waals surface area (Å²) in [6, 6.07) is 11.5. The van der Waals surface area contributed by atoms with Gasteiger partial charge < -0.3 is 14.2 Å². The molecule has 1 amide bonds. The Hall–Kier alpha value is -2.67. The zero-order valence-electron chi connectivity index (χ0n) is 14.3. The standard InChI is InChI=1S/C18H19N3O3S/c1-12-6-4-7-14(10-12)23-13(2)18(22)21(3)11-16-19-17(20-24-16)15-8-5-9-25-15/h4-10,13H,11H2,1-3H3. The summed E-state index contributed by atoms with van der Waals surface area (Å²) in [6.07, 6.45) is -0.605. The normalized spacial score (nSPS) is 12.0. The highest BCUT2D eigenvalue weighted by Gasteiger charge is 2.21. The molecule has 7 heteroatoms. The third-order valence-electron chi connectivity index (χ3n) is 3.61. The number of carbonyl (C=O) groups is 1. The van der Waals surface area contributed by atoms with Gasteiger partial charge in [-0.1, -0.05) is 23.4 Å². The predicted molar refractivity (Wildman–Crippen MR) is 95.4 cm³/mol. The van der Waals surface area contributed by atoms with Gasteiger partial charge in [0.15, 0.2) is 6.10 Å². The molecule has 3 rings (SSSR count). The van der Waals surface area contributed by atoms with Crippen molar-refractivity contribution < 1.29 is 14.1 Å². The largest absolute Gasteiger partial charge is 0.481 e. The first-order chi connectivity index (χ1) is 12.0. The van der Waals surface area contributed by atoms with Crippen molar-refractivity contribution in [2.24, 2.45) is 0 Å². The fourth-order valence-corrected chi connectivity index (χ4v) is 3.01. The zero-order chi connectivity index (χ0) is 17.8. The molecule has 1 atom stereocenters. The molecule has 6 nitrogen and oxygen atoms in total. The summed E-state index contributed by atoms with van der Waals surface area (Å²) in [6.45, 7) is 3.94. The SMILES string of the molecule is Cc1cccc(OC(C)C(=O)N(C)Cc2nc(-c3cccs3)no2)c1. The van der Waals surface area contributed by atoms with Crippen LogP contribution in [0.2, 0.25) is 0 Å². The molecule has 2 aromatic heterocycles. The van der Waals surface area contributed by atoms with Gasteiger partial charge in [-0.3, -0.25) is 4.79 Å². The number of carbonyl (C=O) groups excluding carboxylic acids is 1. The van der Waals surface area contributed by atoms with Crippen molar-refractivity contribution in [1.29, 1.82) is 0 Å². The molecular weight excluding hydrogens is 338 g/mol. The van der Waals surface area contributed by atoms with Gasteiger partial charge in [0.25, 0.3) is 5.91 Å². The van der Waals surface area contributed by atoms with Gasteiger partial charge in [0, 0.05) is 7.05 Å². The van der Waals surface area contributed by atoms with Crippen LogP contribution >= 0.6 is 11.3 Å². The number of likely N-dealkylation sites (N-methyl/N-ethyl adjacent to an activating group) is 1. The number of hydrogen-bond donors (Lipinski definition) is 0. The molecule has 2 heterocycles. The predicted octanol–water partition coefficient (Wildman–Crippen LogP) is 3.53. The Morgan fingerprint density at radius 2 is 2.20 bits per heavy atom. The van der Waals surface area contributed by atoms with Crippen LogP contribution in [0.5, 0.6) is 5.75 Å². The fourth-order valence-electron chi connectivity index (χ4n) is 2.36. The average Bonchev–Trinajstić information content (AvgIpc) is 3.25. The van der Waals surface area contributed by atoms with Gasteiger partial charge >= 0.3 is 0 Å². The second-order valence-electron chi connectivity index (χ2n) is 5.76. The number of thiophene rings is 1. The first kappa shape index (κ1) is 17.2. The third kappa shape index (κ3) is 4.24. The van der Waals surface area contributed by atoms with Crippen LogP contribution in [0.4, 0.5) is 0 Å². The summed E-state index contributed by atoms with van der Waals surface area (Å²) in [7, 11) is 1.69. The summed E-state index contributed by atoms with van der Waals surface area (Å²) >= 11 is 1.54. The maximum absolute atomic E-state index is 12.5.